The molecule has 0 aromatic heterocycles. The van der Waals surface area contributed by atoms with Gasteiger partial charge in [0.25, 0.3) is 0 Å². The first-order chi connectivity index (χ1) is 7.60. The van der Waals surface area contributed by atoms with Crippen molar-refractivity contribution in [2.45, 2.75) is 44.6 Å². The summed E-state index contributed by atoms with van der Waals surface area (Å²) in [6.45, 7) is 3.08. The second-order valence-corrected chi connectivity index (χ2v) is 5.17. The summed E-state index contributed by atoms with van der Waals surface area (Å²) in [6, 6.07) is 2.20. The van der Waals surface area contributed by atoms with Crippen LogP contribution in [0.2, 0.25) is 0 Å². The molecule has 1 amide bonds. The molecule has 0 aromatic carbocycles. The molecule has 1 heterocycles. The molecule has 88 valence electrons. The predicted octanol–water partition coefficient (Wildman–Crippen LogP) is 1.37. The van der Waals surface area contributed by atoms with E-state index in [0.717, 1.165) is 12.8 Å². The van der Waals surface area contributed by atoms with E-state index in [0.29, 0.717) is 26.1 Å². The molecule has 0 spiro atoms. The molecule has 16 heavy (non-hydrogen) atoms. The van der Waals surface area contributed by atoms with Crippen LogP contribution in [0.25, 0.3) is 0 Å². The number of hydrogen-bond donors (Lipinski definition) is 1. The van der Waals surface area contributed by atoms with Gasteiger partial charge in [0.1, 0.15) is 5.41 Å². The maximum atomic E-state index is 12.2. The Morgan fingerprint density at radius 1 is 1.31 bits per heavy atom. The van der Waals surface area contributed by atoms with Gasteiger partial charge < -0.3 is 10.1 Å². The molecule has 1 saturated heterocycles. The van der Waals surface area contributed by atoms with Crippen molar-refractivity contribution in [2.75, 3.05) is 13.2 Å². The Morgan fingerprint density at radius 3 is 2.38 bits per heavy atom. The molecular weight excluding hydrogens is 204 g/mol. The van der Waals surface area contributed by atoms with Crippen molar-refractivity contribution in [3.63, 3.8) is 0 Å². The highest BCUT2D eigenvalue weighted by atomic mass is 16.5. The summed E-state index contributed by atoms with van der Waals surface area (Å²) in [5, 5.41) is 12.3. The number of rotatable bonds is 2. The van der Waals surface area contributed by atoms with Gasteiger partial charge in [0, 0.05) is 18.8 Å². The second kappa shape index (κ2) is 4.06. The molecule has 2 rings (SSSR count). The summed E-state index contributed by atoms with van der Waals surface area (Å²) >= 11 is 0. The van der Waals surface area contributed by atoms with E-state index in [9.17, 15) is 10.1 Å². The zero-order valence-electron chi connectivity index (χ0n) is 9.71. The van der Waals surface area contributed by atoms with Crippen LogP contribution in [0.1, 0.15) is 39.0 Å². The highest BCUT2D eigenvalue weighted by Crippen LogP contribution is 2.35. The van der Waals surface area contributed by atoms with E-state index in [4.69, 9.17) is 4.74 Å². The average Bonchev–Trinajstić information content (AvgIpc) is 2.27. The Kier molecular flexibility index (Phi) is 2.90. The van der Waals surface area contributed by atoms with Crippen LogP contribution in [-0.2, 0) is 9.53 Å². The van der Waals surface area contributed by atoms with Crippen LogP contribution < -0.4 is 5.32 Å². The molecule has 1 saturated carbocycles. The summed E-state index contributed by atoms with van der Waals surface area (Å²) in [4.78, 5) is 12.2. The number of amides is 1. The lowest BCUT2D eigenvalue weighted by atomic mass is 9.75. The molecule has 0 bridgehead atoms. The fraction of sp³-hybridized carbons (Fsp3) is 0.833. The third kappa shape index (κ3) is 1.92. The Balaban J connectivity index is 2.03. The van der Waals surface area contributed by atoms with E-state index < -0.39 is 5.41 Å². The molecule has 0 aromatic rings. The molecule has 4 nitrogen and oxygen atoms in total. The lowest BCUT2D eigenvalue weighted by molar-refractivity contribution is -0.135. The zero-order valence-corrected chi connectivity index (χ0v) is 9.71. The Bertz CT molecular complexity index is 322. The second-order valence-electron chi connectivity index (χ2n) is 5.17. The van der Waals surface area contributed by atoms with Crippen LogP contribution in [0.4, 0.5) is 0 Å². The quantitative estimate of drug-likeness (QED) is 0.767. The van der Waals surface area contributed by atoms with Crippen molar-refractivity contribution < 1.29 is 9.53 Å². The minimum absolute atomic E-state index is 0.0702. The lowest BCUT2D eigenvalue weighted by Crippen LogP contribution is -2.56. The fourth-order valence-electron chi connectivity index (χ4n) is 2.34. The van der Waals surface area contributed by atoms with Gasteiger partial charge in [-0.15, -0.1) is 0 Å². The van der Waals surface area contributed by atoms with Gasteiger partial charge in [0.2, 0.25) is 5.91 Å². The third-order valence-electron chi connectivity index (χ3n) is 3.87. The van der Waals surface area contributed by atoms with Crippen LogP contribution in [0, 0.1) is 16.7 Å². The van der Waals surface area contributed by atoms with Gasteiger partial charge in [0.15, 0.2) is 0 Å². The van der Waals surface area contributed by atoms with Crippen molar-refractivity contribution in [1.82, 2.24) is 5.32 Å². The van der Waals surface area contributed by atoms with Crippen molar-refractivity contribution in [3.8, 4) is 6.07 Å². The summed E-state index contributed by atoms with van der Waals surface area (Å²) in [7, 11) is 0. The topological polar surface area (TPSA) is 62.1 Å². The van der Waals surface area contributed by atoms with Crippen LogP contribution in [0.3, 0.4) is 0 Å². The first-order valence-corrected chi connectivity index (χ1v) is 5.92. The van der Waals surface area contributed by atoms with Crippen molar-refractivity contribution >= 4 is 5.91 Å². The van der Waals surface area contributed by atoms with E-state index in [2.05, 4.69) is 18.3 Å². The number of carbonyl (C=O) groups excluding carboxylic acids is 1. The van der Waals surface area contributed by atoms with E-state index in [1.807, 2.05) is 0 Å². The molecule has 1 N–H and O–H groups in total. The van der Waals surface area contributed by atoms with Gasteiger partial charge in [-0.2, -0.15) is 5.26 Å². The van der Waals surface area contributed by atoms with Crippen LogP contribution in [0.5, 0.6) is 0 Å². The van der Waals surface area contributed by atoms with Gasteiger partial charge in [0.05, 0.1) is 6.07 Å². The first-order valence-electron chi connectivity index (χ1n) is 5.92. The molecule has 1 aliphatic heterocycles. The number of carbonyl (C=O) groups is 1. The van der Waals surface area contributed by atoms with Crippen molar-refractivity contribution in [2.24, 2.45) is 5.41 Å². The smallest absolute Gasteiger partial charge is 0.241 e. The SMILES string of the molecule is CC1(NC(=O)C2(C#N)CCOCC2)CCC1. The lowest BCUT2D eigenvalue weighted by Gasteiger charge is -2.42. The maximum Gasteiger partial charge on any atom is 0.241 e. The van der Waals surface area contributed by atoms with E-state index in [-0.39, 0.29) is 11.4 Å². The molecular formula is C12H18N2O2. The Morgan fingerprint density at radius 2 is 1.94 bits per heavy atom. The average molecular weight is 222 g/mol. The highest BCUT2D eigenvalue weighted by molar-refractivity contribution is 5.86. The first kappa shape index (κ1) is 11.4. The van der Waals surface area contributed by atoms with Gasteiger partial charge in [-0.3, -0.25) is 4.79 Å². The van der Waals surface area contributed by atoms with Crippen molar-refractivity contribution in [3.05, 3.63) is 0 Å². The normalized spacial score (nSPS) is 26.2. The Hall–Kier alpha value is -1.08. The van der Waals surface area contributed by atoms with Gasteiger partial charge in [-0.05, 0) is 39.0 Å². The number of nitriles is 1. The fourth-order valence-corrected chi connectivity index (χ4v) is 2.34. The van der Waals surface area contributed by atoms with Crippen LogP contribution in [-0.4, -0.2) is 24.7 Å². The van der Waals surface area contributed by atoms with E-state index in [1.165, 1.54) is 6.42 Å². The summed E-state index contributed by atoms with van der Waals surface area (Å²) in [6.07, 6.45) is 4.25. The number of hydrogen-bond acceptors (Lipinski definition) is 3. The van der Waals surface area contributed by atoms with Gasteiger partial charge in [-0.25, -0.2) is 0 Å². The van der Waals surface area contributed by atoms with E-state index in [1.54, 1.807) is 0 Å². The Labute approximate surface area is 96.0 Å². The van der Waals surface area contributed by atoms with Crippen LogP contribution >= 0.6 is 0 Å². The summed E-state index contributed by atoms with van der Waals surface area (Å²) in [5.41, 5.74) is -0.921. The molecule has 2 aliphatic rings. The largest absolute Gasteiger partial charge is 0.381 e. The van der Waals surface area contributed by atoms with E-state index >= 15 is 0 Å². The zero-order chi connectivity index (χ0) is 11.6. The molecule has 2 fully saturated rings. The van der Waals surface area contributed by atoms with Crippen molar-refractivity contribution in [1.29, 1.82) is 5.26 Å². The maximum absolute atomic E-state index is 12.2. The predicted molar refractivity (Wildman–Crippen MR) is 58.5 cm³/mol. The monoisotopic (exact) mass is 222 g/mol. The third-order valence-corrected chi connectivity index (χ3v) is 3.87. The summed E-state index contributed by atoms with van der Waals surface area (Å²) < 4.78 is 5.22. The number of ether oxygens (including phenoxy) is 1. The highest BCUT2D eigenvalue weighted by Gasteiger charge is 2.44. The molecule has 4 heteroatoms. The number of nitrogens with one attached hydrogen (secondary N) is 1. The van der Waals surface area contributed by atoms with Gasteiger partial charge >= 0.3 is 0 Å². The van der Waals surface area contributed by atoms with Crippen LogP contribution in [0.15, 0.2) is 0 Å². The standard InChI is InChI=1S/C12H18N2O2/c1-11(3-2-4-11)14-10(15)12(9-13)5-7-16-8-6-12/h2-8H2,1H3,(H,14,15). The van der Waals surface area contributed by atoms with Gasteiger partial charge in [-0.1, -0.05) is 0 Å². The molecule has 0 unspecified atom stereocenters. The molecule has 0 radical (unpaired) electrons. The molecule has 1 aliphatic carbocycles. The minimum Gasteiger partial charge on any atom is -0.381 e. The number of nitrogens with zero attached hydrogens (tertiary/aromatic N) is 1. The minimum atomic E-state index is -0.850. The molecule has 0 atom stereocenters. The summed E-state index contributed by atoms with van der Waals surface area (Å²) in [5.74, 6) is -0.0968.